The highest BCUT2D eigenvalue weighted by Gasteiger charge is 2.41. The fourth-order valence-electron chi connectivity index (χ4n) is 1.09. The number of halogens is 3. The van der Waals surface area contributed by atoms with Gasteiger partial charge in [-0.25, -0.2) is 4.98 Å². The number of ketones is 1. The monoisotopic (exact) mass is 284 g/mol. The van der Waals surface area contributed by atoms with Crippen molar-refractivity contribution in [3.05, 3.63) is 25.7 Å². The Morgan fingerprint density at radius 2 is 2.17 bits per heavy atom. The fourth-order valence-corrected chi connectivity index (χ4v) is 2.09. The summed E-state index contributed by atoms with van der Waals surface area (Å²) in [4.78, 5) is 28.7. The number of carbonyl (C=O) groups excluding carboxylic acids is 1. The smallest absolute Gasteiger partial charge is 0.314 e. The van der Waals surface area contributed by atoms with Crippen molar-refractivity contribution in [3.63, 3.8) is 0 Å². The van der Waals surface area contributed by atoms with Crippen LogP contribution in [-0.2, 0) is 11.3 Å². The van der Waals surface area contributed by atoms with Crippen molar-refractivity contribution in [1.82, 2.24) is 4.98 Å². The lowest BCUT2D eigenvalue weighted by molar-refractivity contribution is -0.757. The molecule has 6 nitrogen and oxygen atoms in total. The zero-order valence-corrected chi connectivity index (χ0v) is 9.80. The van der Waals surface area contributed by atoms with Crippen molar-refractivity contribution < 1.29 is 27.9 Å². The summed E-state index contributed by atoms with van der Waals surface area (Å²) >= 11 is 0.563. The topological polar surface area (TPSA) is 82.3 Å². The van der Waals surface area contributed by atoms with Crippen LogP contribution in [0.4, 0.5) is 13.2 Å². The quantitative estimate of drug-likeness (QED) is 0.469. The van der Waals surface area contributed by atoms with Crippen LogP contribution in [0.15, 0.2) is 0 Å². The van der Waals surface area contributed by atoms with Gasteiger partial charge in [-0.15, -0.1) is 21.5 Å². The van der Waals surface area contributed by atoms with Crippen molar-refractivity contribution in [3.8, 4) is 0 Å². The van der Waals surface area contributed by atoms with Crippen LogP contribution in [0.2, 0.25) is 0 Å². The Labute approximate surface area is 102 Å². The Hall–Kier alpha value is -1.71. The number of carbonyl (C=O) groups is 1. The van der Waals surface area contributed by atoms with E-state index in [0.717, 1.165) is 0 Å². The maximum absolute atomic E-state index is 12.1. The zero-order chi connectivity index (χ0) is 13.9. The van der Waals surface area contributed by atoms with Crippen LogP contribution in [0.25, 0.3) is 0 Å². The second-order valence-corrected chi connectivity index (χ2v) is 4.24. The highest BCUT2D eigenvalue weighted by atomic mass is 32.1. The molecule has 0 radical (unpaired) electrons. The van der Waals surface area contributed by atoms with Crippen LogP contribution in [0.3, 0.4) is 0 Å². The maximum atomic E-state index is 12.1. The first-order valence-electron chi connectivity index (χ1n) is 4.57. The molecule has 10 heteroatoms. The largest absolute Gasteiger partial charge is 0.457 e. The molecule has 1 aromatic rings. The molecule has 0 bridgehead atoms. The summed E-state index contributed by atoms with van der Waals surface area (Å²) in [6, 6.07) is 0. The Bertz CT molecular complexity index is 471. The minimum Gasteiger partial charge on any atom is -0.314 e. The lowest BCUT2D eigenvalue weighted by Crippen LogP contribution is -2.22. The number of alkyl halides is 3. The van der Waals surface area contributed by atoms with Gasteiger partial charge in [0, 0.05) is 11.3 Å². The maximum Gasteiger partial charge on any atom is 0.457 e. The van der Waals surface area contributed by atoms with E-state index in [1.807, 2.05) is 0 Å². The third-order valence-corrected chi connectivity index (χ3v) is 3.09. The van der Waals surface area contributed by atoms with Gasteiger partial charge in [0.25, 0.3) is 10.9 Å². The molecule has 0 aliphatic carbocycles. The van der Waals surface area contributed by atoms with Gasteiger partial charge in [-0.2, -0.15) is 13.2 Å². The second-order valence-electron chi connectivity index (χ2n) is 3.16. The number of aromatic nitrogens is 1. The molecule has 0 saturated heterocycles. The van der Waals surface area contributed by atoms with Crippen molar-refractivity contribution in [1.29, 1.82) is 0 Å². The van der Waals surface area contributed by atoms with Gasteiger partial charge in [-0.1, -0.05) is 0 Å². The van der Waals surface area contributed by atoms with Gasteiger partial charge >= 0.3 is 6.18 Å². The van der Waals surface area contributed by atoms with E-state index in [2.05, 4.69) is 9.82 Å². The van der Waals surface area contributed by atoms with Gasteiger partial charge in [0.05, 0.1) is 5.69 Å². The van der Waals surface area contributed by atoms with E-state index in [1.165, 1.54) is 6.92 Å². The van der Waals surface area contributed by atoms with E-state index >= 15 is 0 Å². The lowest BCUT2D eigenvalue weighted by atomic mass is 10.3. The molecule has 0 unspecified atom stereocenters. The molecule has 1 aromatic heterocycles. The fraction of sp³-hybridized carbons (Fsp3) is 0.500. The van der Waals surface area contributed by atoms with Crippen LogP contribution in [0.5, 0.6) is 0 Å². The standard InChI is InChI=1S/C8H7F3N2O4S/c1-4-5(2-3-17-13(15)16)18-7(12-4)6(14)8(9,10)11/h2-3H2,1H3. The minimum atomic E-state index is -4.97. The normalized spacial score (nSPS) is 11.3. The molecule has 0 saturated carbocycles. The van der Waals surface area contributed by atoms with Gasteiger partial charge in [-0.05, 0) is 6.92 Å². The first-order chi connectivity index (χ1) is 8.21. The third kappa shape index (κ3) is 3.65. The Morgan fingerprint density at radius 3 is 2.67 bits per heavy atom. The summed E-state index contributed by atoms with van der Waals surface area (Å²) in [6.45, 7) is 1.13. The van der Waals surface area contributed by atoms with E-state index < -0.39 is 22.1 Å². The number of thiazole rings is 1. The molecule has 0 atom stereocenters. The van der Waals surface area contributed by atoms with E-state index in [1.54, 1.807) is 0 Å². The molecule has 0 fully saturated rings. The summed E-state index contributed by atoms with van der Waals surface area (Å²) in [6.07, 6.45) is -4.95. The molecular formula is C8H7F3N2O4S. The van der Waals surface area contributed by atoms with E-state index in [-0.39, 0.29) is 18.7 Å². The van der Waals surface area contributed by atoms with Crippen LogP contribution in [0.1, 0.15) is 20.4 Å². The molecule has 0 spiro atoms. The summed E-state index contributed by atoms with van der Waals surface area (Å²) < 4.78 is 36.4. The number of aryl methyl sites for hydroxylation is 1. The Kier molecular flexibility index (Phi) is 4.22. The Morgan fingerprint density at radius 1 is 1.56 bits per heavy atom. The summed E-state index contributed by atoms with van der Waals surface area (Å²) in [5, 5.41) is 8.22. The zero-order valence-electron chi connectivity index (χ0n) is 8.98. The summed E-state index contributed by atoms with van der Waals surface area (Å²) in [5.74, 6) is -2.02. The van der Waals surface area contributed by atoms with Crippen LogP contribution < -0.4 is 0 Å². The van der Waals surface area contributed by atoms with E-state index in [4.69, 9.17) is 0 Å². The molecule has 100 valence electrons. The van der Waals surface area contributed by atoms with Gasteiger partial charge in [-0.3, -0.25) is 4.79 Å². The second kappa shape index (κ2) is 5.29. The lowest BCUT2D eigenvalue weighted by Gasteiger charge is -2.00. The predicted molar refractivity (Wildman–Crippen MR) is 53.9 cm³/mol. The SMILES string of the molecule is Cc1nc(C(=O)C(F)(F)F)sc1CCO[N+](=O)[O-]. The average molecular weight is 284 g/mol. The van der Waals surface area contributed by atoms with E-state index in [9.17, 15) is 28.1 Å². The van der Waals surface area contributed by atoms with Crippen molar-refractivity contribution in [2.75, 3.05) is 6.61 Å². The summed E-state index contributed by atoms with van der Waals surface area (Å²) in [7, 11) is 0. The predicted octanol–water partition coefficient (Wildman–Crippen LogP) is 1.95. The molecular weight excluding hydrogens is 277 g/mol. The molecule has 0 aromatic carbocycles. The number of hydrogen-bond donors (Lipinski definition) is 0. The number of rotatable bonds is 5. The molecule has 0 amide bonds. The first-order valence-corrected chi connectivity index (χ1v) is 5.38. The molecule has 0 aliphatic rings. The molecule has 1 heterocycles. The number of hydrogen-bond acceptors (Lipinski definition) is 6. The van der Waals surface area contributed by atoms with Crippen LogP contribution in [0, 0.1) is 17.0 Å². The average Bonchev–Trinajstić information content (AvgIpc) is 2.57. The third-order valence-electron chi connectivity index (χ3n) is 1.87. The summed E-state index contributed by atoms with van der Waals surface area (Å²) in [5.41, 5.74) is 0.236. The molecule has 0 aliphatic heterocycles. The van der Waals surface area contributed by atoms with Gasteiger partial charge < -0.3 is 4.84 Å². The van der Waals surface area contributed by atoms with Crippen molar-refractivity contribution in [2.24, 2.45) is 0 Å². The highest BCUT2D eigenvalue weighted by molar-refractivity contribution is 7.13. The molecule has 0 N–H and O–H groups in total. The number of nitrogens with zero attached hydrogens (tertiary/aromatic N) is 2. The highest BCUT2D eigenvalue weighted by Crippen LogP contribution is 2.26. The van der Waals surface area contributed by atoms with Crippen LogP contribution in [-0.4, -0.2) is 28.6 Å². The van der Waals surface area contributed by atoms with Gasteiger partial charge in [0.15, 0.2) is 5.01 Å². The molecule has 18 heavy (non-hydrogen) atoms. The van der Waals surface area contributed by atoms with Gasteiger partial charge in [0.2, 0.25) is 0 Å². The Balaban J connectivity index is 2.76. The van der Waals surface area contributed by atoms with Crippen LogP contribution >= 0.6 is 11.3 Å². The minimum absolute atomic E-state index is 0.0234. The first kappa shape index (κ1) is 14.4. The van der Waals surface area contributed by atoms with E-state index in [0.29, 0.717) is 16.2 Å². The van der Waals surface area contributed by atoms with Crippen molar-refractivity contribution in [2.45, 2.75) is 19.5 Å². The number of Topliss-reactive ketones (excluding diaryl/α,β-unsaturated/α-hetero) is 1. The molecule has 1 rings (SSSR count). The van der Waals surface area contributed by atoms with Crippen molar-refractivity contribution >= 4 is 17.1 Å². The van der Waals surface area contributed by atoms with Gasteiger partial charge in [0.1, 0.15) is 6.61 Å².